The molecule has 11 heteroatoms. The molecule has 0 radical (unpaired) electrons. The molecule has 0 amide bonds. The van der Waals surface area contributed by atoms with Crippen LogP contribution < -0.4 is 5.32 Å². The standard InChI is InChI=1S/C23H26ClFN6O2S/c1-15-14-31(34(32,33)12-9-20-19(26)7-10-28-30-20)11-8-17(15)23-18(24)3-2-4-22(29-23)21-6-5-16(25)13-27-21/h2,5-6,10,13,15,17,26,29H,3,7-9,11-12,14H2,1H3/t15-,17+/m0/s1. The van der Waals surface area contributed by atoms with E-state index in [0.29, 0.717) is 60.2 Å². The molecule has 3 aliphatic heterocycles. The van der Waals surface area contributed by atoms with Crippen LogP contribution in [0.3, 0.4) is 0 Å². The highest BCUT2D eigenvalue weighted by Crippen LogP contribution is 2.35. The van der Waals surface area contributed by atoms with E-state index in [0.717, 1.165) is 11.9 Å². The molecule has 3 aliphatic rings. The van der Waals surface area contributed by atoms with Gasteiger partial charge >= 0.3 is 0 Å². The summed E-state index contributed by atoms with van der Waals surface area (Å²) in [4.78, 5) is 4.13. The molecule has 2 atom stereocenters. The highest BCUT2D eigenvalue weighted by Gasteiger charge is 2.36. The van der Waals surface area contributed by atoms with Crippen LogP contribution in [0.5, 0.6) is 0 Å². The summed E-state index contributed by atoms with van der Waals surface area (Å²) in [7, 11) is -3.51. The Hall–Kier alpha value is -2.65. The predicted octanol–water partition coefficient (Wildman–Crippen LogP) is 3.69. The Labute approximate surface area is 203 Å². The fourth-order valence-corrected chi connectivity index (χ4v) is 6.13. The topological polar surface area (TPSA) is 111 Å². The first-order chi connectivity index (χ1) is 16.2. The highest BCUT2D eigenvalue weighted by molar-refractivity contribution is 7.89. The molecule has 0 aliphatic carbocycles. The molecule has 34 heavy (non-hydrogen) atoms. The Morgan fingerprint density at radius 2 is 2.18 bits per heavy atom. The second-order valence-corrected chi connectivity index (χ2v) is 11.1. The van der Waals surface area contributed by atoms with Gasteiger partial charge in [0.2, 0.25) is 10.0 Å². The Morgan fingerprint density at radius 3 is 2.88 bits per heavy atom. The summed E-state index contributed by atoms with van der Waals surface area (Å²) in [5.74, 6) is -0.489. The Kier molecular flexibility index (Phi) is 7.42. The third kappa shape index (κ3) is 5.52. The largest absolute Gasteiger partial charge is 0.349 e. The third-order valence-corrected chi connectivity index (χ3v) is 8.39. The van der Waals surface area contributed by atoms with Crippen molar-refractivity contribution in [3.05, 3.63) is 52.4 Å². The molecule has 1 aromatic rings. The zero-order valence-corrected chi connectivity index (χ0v) is 20.3. The van der Waals surface area contributed by atoms with Crippen LogP contribution in [0.1, 0.15) is 38.3 Å². The number of hydrogen-bond donors (Lipinski definition) is 2. The van der Waals surface area contributed by atoms with Gasteiger partial charge in [0.15, 0.2) is 0 Å². The molecular formula is C23H26ClFN6O2S. The van der Waals surface area contributed by atoms with E-state index in [9.17, 15) is 12.8 Å². The lowest BCUT2D eigenvalue weighted by Gasteiger charge is -2.38. The van der Waals surface area contributed by atoms with Crippen molar-refractivity contribution in [3.8, 4) is 0 Å². The lowest BCUT2D eigenvalue weighted by molar-refractivity contribution is 0.219. The average molecular weight is 505 g/mol. The SMILES string of the molecule is C[C@H]1CN(S(=O)(=O)CCC2=NN=CCC2=N)CC[C@H]1C1=C(Cl)CC=C=C(c2ccc(F)cn2)N1. The van der Waals surface area contributed by atoms with Crippen molar-refractivity contribution >= 4 is 45.0 Å². The van der Waals surface area contributed by atoms with Gasteiger partial charge in [0.25, 0.3) is 0 Å². The minimum Gasteiger partial charge on any atom is -0.349 e. The van der Waals surface area contributed by atoms with Gasteiger partial charge in [0, 0.05) is 55.2 Å². The summed E-state index contributed by atoms with van der Waals surface area (Å²) in [6.45, 7) is 2.75. The van der Waals surface area contributed by atoms with E-state index in [4.69, 9.17) is 17.0 Å². The van der Waals surface area contributed by atoms with Gasteiger partial charge in [-0.05, 0) is 30.5 Å². The molecule has 0 saturated carbocycles. The number of piperidine rings is 1. The molecule has 0 aromatic carbocycles. The fourth-order valence-electron chi connectivity index (χ4n) is 4.31. The van der Waals surface area contributed by atoms with Crippen molar-refractivity contribution < 1.29 is 12.8 Å². The summed E-state index contributed by atoms with van der Waals surface area (Å²) in [5, 5.41) is 19.6. The summed E-state index contributed by atoms with van der Waals surface area (Å²) >= 11 is 6.62. The second-order valence-electron chi connectivity index (χ2n) is 8.56. The van der Waals surface area contributed by atoms with Crippen LogP contribution in [-0.4, -0.2) is 54.2 Å². The number of aromatic nitrogens is 1. The van der Waals surface area contributed by atoms with Gasteiger partial charge in [0.1, 0.15) is 11.5 Å². The van der Waals surface area contributed by atoms with Crippen LogP contribution in [0, 0.1) is 23.1 Å². The van der Waals surface area contributed by atoms with Crippen molar-refractivity contribution in [1.82, 2.24) is 14.6 Å². The number of nitrogens with one attached hydrogen (secondary N) is 2. The van der Waals surface area contributed by atoms with Crippen molar-refractivity contribution in [3.63, 3.8) is 0 Å². The van der Waals surface area contributed by atoms with Gasteiger partial charge in [-0.2, -0.15) is 10.2 Å². The van der Waals surface area contributed by atoms with E-state index in [1.807, 2.05) is 13.0 Å². The first-order valence-corrected chi connectivity index (χ1v) is 13.1. The second kappa shape index (κ2) is 10.3. The van der Waals surface area contributed by atoms with E-state index >= 15 is 0 Å². The molecule has 8 nitrogen and oxygen atoms in total. The van der Waals surface area contributed by atoms with Gasteiger partial charge in [-0.1, -0.05) is 24.3 Å². The smallest absolute Gasteiger partial charge is 0.214 e. The minimum atomic E-state index is -3.51. The van der Waals surface area contributed by atoms with Crippen LogP contribution in [-0.2, 0) is 10.0 Å². The van der Waals surface area contributed by atoms with E-state index in [2.05, 4.69) is 26.2 Å². The minimum absolute atomic E-state index is 0.00946. The van der Waals surface area contributed by atoms with E-state index < -0.39 is 15.8 Å². The molecule has 4 rings (SSSR count). The molecule has 0 bridgehead atoms. The molecule has 2 N–H and O–H groups in total. The first kappa shape index (κ1) is 24.5. The van der Waals surface area contributed by atoms with Crippen LogP contribution >= 0.6 is 11.6 Å². The zero-order chi connectivity index (χ0) is 24.3. The number of halogens is 2. The van der Waals surface area contributed by atoms with Crippen molar-refractivity contribution in [1.29, 1.82) is 5.41 Å². The van der Waals surface area contributed by atoms with Crippen molar-refractivity contribution in [2.75, 3.05) is 18.8 Å². The normalized spacial score (nSPS) is 23.9. The molecule has 0 spiro atoms. The monoisotopic (exact) mass is 504 g/mol. The number of hydrogen-bond acceptors (Lipinski definition) is 7. The Morgan fingerprint density at radius 1 is 1.35 bits per heavy atom. The number of rotatable bonds is 6. The van der Waals surface area contributed by atoms with Gasteiger partial charge in [-0.15, -0.1) is 0 Å². The molecule has 1 aromatic heterocycles. The molecule has 4 heterocycles. The van der Waals surface area contributed by atoms with Crippen LogP contribution in [0.25, 0.3) is 5.70 Å². The first-order valence-electron chi connectivity index (χ1n) is 11.1. The van der Waals surface area contributed by atoms with Gasteiger partial charge < -0.3 is 10.7 Å². The number of sulfonamides is 1. The van der Waals surface area contributed by atoms with Crippen molar-refractivity contribution in [2.45, 2.75) is 32.6 Å². The summed E-state index contributed by atoms with van der Waals surface area (Å²) in [5.41, 5.74) is 5.86. The van der Waals surface area contributed by atoms with Gasteiger partial charge in [-0.25, -0.2) is 17.1 Å². The predicted molar refractivity (Wildman–Crippen MR) is 132 cm³/mol. The number of allylic oxidation sites excluding steroid dienone is 3. The van der Waals surface area contributed by atoms with E-state index in [-0.39, 0.29) is 24.0 Å². The lowest BCUT2D eigenvalue weighted by Crippen LogP contribution is -2.45. The van der Waals surface area contributed by atoms with Gasteiger partial charge in [-0.3, -0.25) is 4.98 Å². The number of nitrogens with zero attached hydrogens (tertiary/aromatic N) is 4. The maximum absolute atomic E-state index is 13.3. The van der Waals surface area contributed by atoms with Crippen molar-refractivity contribution in [2.24, 2.45) is 22.0 Å². The Bertz CT molecular complexity index is 1230. The quantitative estimate of drug-likeness (QED) is 0.575. The molecule has 1 saturated heterocycles. The average Bonchev–Trinajstić information content (AvgIpc) is 3.00. The van der Waals surface area contributed by atoms with Crippen LogP contribution in [0.4, 0.5) is 4.39 Å². The molecular weight excluding hydrogens is 479 g/mol. The highest BCUT2D eigenvalue weighted by atomic mass is 35.5. The summed E-state index contributed by atoms with van der Waals surface area (Å²) in [6, 6.07) is 2.92. The summed E-state index contributed by atoms with van der Waals surface area (Å²) < 4.78 is 40.8. The number of pyridine rings is 1. The lowest BCUT2D eigenvalue weighted by atomic mass is 9.84. The van der Waals surface area contributed by atoms with Crippen LogP contribution in [0.2, 0.25) is 0 Å². The maximum atomic E-state index is 13.3. The third-order valence-electron chi connectivity index (χ3n) is 6.20. The zero-order valence-electron chi connectivity index (χ0n) is 18.8. The summed E-state index contributed by atoms with van der Waals surface area (Å²) in [6.07, 6.45) is 6.15. The fraction of sp³-hybridized carbons (Fsp3) is 0.435. The maximum Gasteiger partial charge on any atom is 0.214 e. The molecule has 1 fully saturated rings. The van der Waals surface area contributed by atoms with Gasteiger partial charge in [0.05, 0.1) is 29.1 Å². The molecule has 0 unspecified atom stereocenters. The van der Waals surface area contributed by atoms with E-state index in [1.54, 1.807) is 6.07 Å². The van der Waals surface area contributed by atoms with Crippen LogP contribution in [0.15, 0.2) is 51.1 Å². The molecule has 180 valence electrons. The Balaban J connectivity index is 1.43. The van der Waals surface area contributed by atoms with E-state index in [1.165, 1.54) is 16.6 Å².